The summed E-state index contributed by atoms with van der Waals surface area (Å²) in [5, 5.41) is 6.82. The molecular formula is C15H19N5. The molecule has 0 aliphatic carbocycles. The summed E-state index contributed by atoms with van der Waals surface area (Å²) in [6, 6.07) is 12.1. The van der Waals surface area contributed by atoms with Crippen LogP contribution >= 0.6 is 0 Å². The Morgan fingerprint density at radius 1 is 1.20 bits per heavy atom. The number of hydrogen-bond acceptors (Lipinski definition) is 5. The summed E-state index contributed by atoms with van der Waals surface area (Å²) in [4.78, 5) is 8.88. The topological polar surface area (TPSA) is 75.9 Å². The van der Waals surface area contributed by atoms with Gasteiger partial charge in [-0.1, -0.05) is 30.3 Å². The van der Waals surface area contributed by atoms with Crippen LogP contribution in [-0.2, 0) is 0 Å². The fourth-order valence-electron chi connectivity index (χ4n) is 2.44. The van der Waals surface area contributed by atoms with E-state index in [0.29, 0.717) is 17.7 Å². The van der Waals surface area contributed by atoms with Gasteiger partial charge in [-0.3, -0.25) is 0 Å². The van der Waals surface area contributed by atoms with E-state index in [1.165, 1.54) is 6.42 Å². The number of nitrogen functional groups attached to an aromatic ring is 1. The highest BCUT2D eigenvalue weighted by Crippen LogP contribution is 2.19. The van der Waals surface area contributed by atoms with Crippen LogP contribution in [-0.4, -0.2) is 29.1 Å². The highest BCUT2D eigenvalue weighted by molar-refractivity contribution is 5.60. The van der Waals surface area contributed by atoms with E-state index in [9.17, 15) is 0 Å². The Hall–Kier alpha value is -2.14. The summed E-state index contributed by atoms with van der Waals surface area (Å²) in [5.41, 5.74) is 6.87. The summed E-state index contributed by atoms with van der Waals surface area (Å²) in [7, 11) is 0. The Morgan fingerprint density at radius 3 is 2.80 bits per heavy atom. The standard InChI is InChI=1S/C15H19N5/c16-13-9-14(18-12-7-4-8-17-10-12)20-15(19-13)11-5-2-1-3-6-11/h1-3,5-6,9,12,17H,4,7-8,10H2,(H3,16,18,19,20). The maximum absolute atomic E-state index is 5.90. The van der Waals surface area contributed by atoms with E-state index in [4.69, 9.17) is 5.73 Å². The summed E-state index contributed by atoms with van der Waals surface area (Å²) in [5.74, 6) is 1.95. The Kier molecular flexibility index (Phi) is 3.78. The molecule has 1 unspecified atom stereocenters. The summed E-state index contributed by atoms with van der Waals surface area (Å²) in [6.07, 6.45) is 2.33. The number of aromatic nitrogens is 2. The molecule has 0 spiro atoms. The van der Waals surface area contributed by atoms with Gasteiger partial charge in [0.15, 0.2) is 5.82 Å². The second-order valence-electron chi connectivity index (χ2n) is 5.06. The van der Waals surface area contributed by atoms with Crippen molar-refractivity contribution < 1.29 is 0 Å². The average molecular weight is 269 g/mol. The van der Waals surface area contributed by atoms with E-state index in [-0.39, 0.29) is 0 Å². The van der Waals surface area contributed by atoms with Gasteiger partial charge in [0.25, 0.3) is 0 Å². The molecule has 3 rings (SSSR count). The molecule has 1 atom stereocenters. The summed E-state index contributed by atoms with van der Waals surface area (Å²) in [6.45, 7) is 2.06. The monoisotopic (exact) mass is 269 g/mol. The molecular weight excluding hydrogens is 250 g/mol. The van der Waals surface area contributed by atoms with E-state index in [2.05, 4.69) is 20.6 Å². The lowest BCUT2D eigenvalue weighted by Gasteiger charge is -2.24. The minimum absolute atomic E-state index is 0.404. The van der Waals surface area contributed by atoms with Crippen LogP contribution in [0.2, 0.25) is 0 Å². The highest BCUT2D eigenvalue weighted by Gasteiger charge is 2.14. The summed E-state index contributed by atoms with van der Waals surface area (Å²) >= 11 is 0. The lowest BCUT2D eigenvalue weighted by Crippen LogP contribution is -2.38. The first kappa shape index (κ1) is 12.9. The zero-order chi connectivity index (χ0) is 13.8. The van der Waals surface area contributed by atoms with Gasteiger partial charge in [-0.25, -0.2) is 9.97 Å². The van der Waals surface area contributed by atoms with Gasteiger partial charge in [-0.05, 0) is 19.4 Å². The van der Waals surface area contributed by atoms with Gasteiger partial charge >= 0.3 is 0 Å². The Morgan fingerprint density at radius 2 is 2.05 bits per heavy atom. The predicted molar refractivity (Wildman–Crippen MR) is 81.4 cm³/mol. The third-order valence-corrected chi connectivity index (χ3v) is 3.43. The van der Waals surface area contributed by atoms with Crippen molar-refractivity contribution in [3.63, 3.8) is 0 Å². The SMILES string of the molecule is Nc1cc(NC2CCCNC2)nc(-c2ccccc2)n1. The molecule has 0 bridgehead atoms. The Bertz CT molecular complexity index is 564. The van der Waals surface area contributed by atoms with Crippen LogP contribution in [0.25, 0.3) is 11.4 Å². The molecule has 0 saturated carbocycles. The zero-order valence-corrected chi connectivity index (χ0v) is 11.3. The third kappa shape index (κ3) is 3.05. The number of nitrogens with zero attached hydrogens (tertiary/aromatic N) is 2. The van der Waals surface area contributed by atoms with Crippen LogP contribution in [0.3, 0.4) is 0 Å². The van der Waals surface area contributed by atoms with Crippen molar-refractivity contribution in [2.24, 2.45) is 0 Å². The lowest BCUT2D eigenvalue weighted by molar-refractivity contribution is 0.479. The fraction of sp³-hybridized carbons (Fsp3) is 0.333. The number of nitrogens with one attached hydrogen (secondary N) is 2. The molecule has 5 nitrogen and oxygen atoms in total. The number of piperidine rings is 1. The first-order valence-electron chi connectivity index (χ1n) is 6.98. The minimum atomic E-state index is 0.404. The number of anilines is 2. The van der Waals surface area contributed by atoms with Crippen LogP contribution in [0, 0.1) is 0 Å². The molecule has 5 heteroatoms. The number of rotatable bonds is 3. The predicted octanol–water partition coefficient (Wildman–Crippen LogP) is 1.89. The van der Waals surface area contributed by atoms with Gasteiger partial charge < -0.3 is 16.4 Å². The first-order valence-corrected chi connectivity index (χ1v) is 6.98. The van der Waals surface area contributed by atoms with Crippen molar-refractivity contribution in [2.75, 3.05) is 24.1 Å². The van der Waals surface area contributed by atoms with E-state index in [0.717, 1.165) is 30.9 Å². The van der Waals surface area contributed by atoms with Gasteiger partial charge in [0.2, 0.25) is 0 Å². The second-order valence-corrected chi connectivity index (χ2v) is 5.06. The number of hydrogen-bond donors (Lipinski definition) is 3. The molecule has 1 fully saturated rings. The van der Waals surface area contributed by atoms with Crippen molar-refractivity contribution in [3.8, 4) is 11.4 Å². The van der Waals surface area contributed by atoms with Crippen molar-refractivity contribution in [2.45, 2.75) is 18.9 Å². The minimum Gasteiger partial charge on any atom is -0.384 e. The van der Waals surface area contributed by atoms with Crippen molar-refractivity contribution in [1.29, 1.82) is 0 Å². The molecule has 4 N–H and O–H groups in total. The summed E-state index contributed by atoms with van der Waals surface area (Å²) < 4.78 is 0. The first-order chi connectivity index (χ1) is 9.81. The molecule has 1 aliphatic heterocycles. The Balaban J connectivity index is 1.83. The zero-order valence-electron chi connectivity index (χ0n) is 11.3. The van der Waals surface area contributed by atoms with Gasteiger partial charge in [0, 0.05) is 24.2 Å². The quantitative estimate of drug-likeness (QED) is 0.793. The maximum Gasteiger partial charge on any atom is 0.163 e. The molecule has 0 amide bonds. The lowest BCUT2D eigenvalue weighted by atomic mass is 10.1. The van der Waals surface area contributed by atoms with E-state index < -0.39 is 0 Å². The fourth-order valence-corrected chi connectivity index (χ4v) is 2.44. The van der Waals surface area contributed by atoms with Gasteiger partial charge in [-0.2, -0.15) is 0 Å². The van der Waals surface area contributed by atoms with Crippen molar-refractivity contribution >= 4 is 11.6 Å². The molecule has 1 aromatic carbocycles. The van der Waals surface area contributed by atoms with Crippen LogP contribution in [0.1, 0.15) is 12.8 Å². The normalized spacial score (nSPS) is 18.7. The van der Waals surface area contributed by atoms with Crippen LogP contribution in [0.5, 0.6) is 0 Å². The third-order valence-electron chi connectivity index (χ3n) is 3.43. The van der Waals surface area contributed by atoms with Crippen LogP contribution < -0.4 is 16.4 Å². The average Bonchev–Trinajstić information content (AvgIpc) is 2.49. The van der Waals surface area contributed by atoms with Crippen molar-refractivity contribution in [1.82, 2.24) is 15.3 Å². The molecule has 0 radical (unpaired) electrons. The molecule has 1 aliphatic rings. The van der Waals surface area contributed by atoms with E-state index in [1.54, 1.807) is 6.07 Å². The van der Waals surface area contributed by atoms with E-state index in [1.807, 2.05) is 30.3 Å². The number of benzene rings is 1. The van der Waals surface area contributed by atoms with Crippen molar-refractivity contribution in [3.05, 3.63) is 36.4 Å². The molecule has 2 aromatic rings. The van der Waals surface area contributed by atoms with Gasteiger partial charge in [0.1, 0.15) is 11.6 Å². The molecule has 104 valence electrons. The molecule has 2 heterocycles. The van der Waals surface area contributed by atoms with Gasteiger partial charge in [0.05, 0.1) is 0 Å². The maximum atomic E-state index is 5.90. The van der Waals surface area contributed by atoms with Gasteiger partial charge in [-0.15, -0.1) is 0 Å². The molecule has 1 saturated heterocycles. The number of nitrogens with two attached hydrogens (primary N) is 1. The smallest absolute Gasteiger partial charge is 0.163 e. The molecule has 1 aromatic heterocycles. The molecule has 20 heavy (non-hydrogen) atoms. The Labute approximate surface area is 118 Å². The van der Waals surface area contributed by atoms with Crippen LogP contribution in [0.4, 0.5) is 11.6 Å². The largest absolute Gasteiger partial charge is 0.384 e. The second kappa shape index (κ2) is 5.88. The highest BCUT2D eigenvalue weighted by atomic mass is 15.1. The van der Waals surface area contributed by atoms with Crippen LogP contribution in [0.15, 0.2) is 36.4 Å². The van der Waals surface area contributed by atoms with E-state index >= 15 is 0 Å².